The van der Waals surface area contributed by atoms with Gasteiger partial charge in [-0.15, -0.1) is 0 Å². The van der Waals surface area contributed by atoms with Crippen LogP contribution in [0.1, 0.15) is 21.5 Å². The number of nitrogens with one attached hydrogen (secondary N) is 2. The molecule has 1 aliphatic rings. The molecule has 0 fully saturated rings. The van der Waals surface area contributed by atoms with Crippen molar-refractivity contribution in [3.05, 3.63) is 95.2 Å². The lowest BCUT2D eigenvalue weighted by molar-refractivity contribution is -0.117. The molecule has 1 heterocycles. The minimum absolute atomic E-state index is 0.0190. The van der Waals surface area contributed by atoms with Gasteiger partial charge in [-0.25, -0.2) is 5.43 Å². The molecule has 2 N–H and O–H groups in total. The van der Waals surface area contributed by atoms with Crippen LogP contribution < -0.4 is 25.0 Å². The average molecular weight is 443 g/mol. The maximum absolute atomic E-state index is 12.9. The van der Waals surface area contributed by atoms with E-state index in [2.05, 4.69) is 15.8 Å². The molecule has 3 aromatic carbocycles. The monoisotopic (exact) mass is 443 g/mol. The van der Waals surface area contributed by atoms with E-state index in [1.807, 2.05) is 12.1 Å². The van der Waals surface area contributed by atoms with Crippen molar-refractivity contribution >= 4 is 24.1 Å². The molecular formula is C25H21N3O5. The van der Waals surface area contributed by atoms with Gasteiger partial charge in [0.2, 0.25) is 6.79 Å². The zero-order valence-electron chi connectivity index (χ0n) is 17.8. The minimum atomic E-state index is -0.587. The molecule has 3 aromatic rings. The number of nitrogens with zero attached hydrogens (tertiary/aromatic N) is 1. The molecule has 1 aliphatic heterocycles. The fourth-order valence-electron chi connectivity index (χ4n) is 3.06. The van der Waals surface area contributed by atoms with Gasteiger partial charge in [-0.1, -0.05) is 36.4 Å². The number of rotatable bonds is 7. The molecule has 33 heavy (non-hydrogen) atoms. The van der Waals surface area contributed by atoms with Crippen LogP contribution in [0.4, 0.5) is 0 Å². The fourth-order valence-corrected chi connectivity index (χ4v) is 3.06. The number of amides is 2. The van der Waals surface area contributed by atoms with Gasteiger partial charge in [-0.2, -0.15) is 5.10 Å². The Balaban J connectivity index is 1.55. The van der Waals surface area contributed by atoms with Gasteiger partial charge in [0.25, 0.3) is 11.8 Å². The highest BCUT2D eigenvalue weighted by Crippen LogP contribution is 2.33. The van der Waals surface area contributed by atoms with Crippen LogP contribution in [0.3, 0.4) is 0 Å². The SMILES string of the molecule is COc1cccc(C=NNC(=O)C(=Cc2ccc3c(c2)OCO3)NC(=O)c2ccccc2)c1. The molecule has 2 amide bonds. The van der Waals surface area contributed by atoms with Crippen LogP contribution in [-0.2, 0) is 4.79 Å². The highest BCUT2D eigenvalue weighted by Gasteiger charge is 2.16. The van der Waals surface area contributed by atoms with Crippen molar-refractivity contribution in [1.82, 2.24) is 10.7 Å². The van der Waals surface area contributed by atoms with Gasteiger partial charge < -0.3 is 19.5 Å². The summed E-state index contributed by atoms with van der Waals surface area (Å²) in [4.78, 5) is 25.5. The topological polar surface area (TPSA) is 98.2 Å². The largest absolute Gasteiger partial charge is 0.497 e. The molecule has 0 unspecified atom stereocenters. The molecule has 8 heteroatoms. The molecule has 0 atom stereocenters. The van der Waals surface area contributed by atoms with Crippen LogP contribution in [0, 0.1) is 0 Å². The summed E-state index contributed by atoms with van der Waals surface area (Å²) in [5.41, 5.74) is 4.27. The Morgan fingerprint density at radius 2 is 1.76 bits per heavy atom. The number of benzene rings is 3. The number of carbonyl (C=O) groups excluding carboxylic acids is 2. The highest BCUT2D eigenvalue weighted by atomic mass is 16.7. The first kappa shape index (κ1) is 21.6. The number of methoxy groups -OCH3 is 1. The van der Waals surface area contributed by atoms with Crippen molar-refractivity contribution in [3.63, 3.8) is 0 Å². The third-order valence-corrected chi connectivity index (χ3v) is 4.71. The molecular weight excluding hydrogens is 422 g/mol. The van der Waals surface area contributed by atoms with E-state index in [9.17, 15) is 9.59 Å². The van der Waals surface area contributed by atoms with Gasteiger partial charge >= 0.3 is 0 Å². The van der Waals surface area contributed by atoms with Crippen LogP contribution in [0.25, 0.3) is 6.08 Å². The zero-order valence-corrected chi connectivity index (χ0v) is 17.8. The second-order valence-electron chi connectivity index (χ2n) is 6.97. The summed E-state index contributed by atoms with van der Waals surface area (Å²) in [6, 6.07) is 21.0. The van der Waals surface area contributed by atoms with Gasteiger partial charge in [0.1, 0.15) is 11.4 Å². The molecule has 0 saturated carbocycles. The van der Waals surface area contributed by atoms with Gasteiger partial charge in [-0.3, -0.25) is 9.59 Å². The lowest BCUT2D eigenvalue weighted by atomic mass is 10.1. The van der Waals surface area contributed by atoms with Crippen LogP contribution in [-0.4, -0.2) is 31.9 Å². The Morgan fingerprint density at radius 3 is 2.58 bits per heavy atom. The third-order valence-electron chi connectivity index (χ3n) is 4.71. The van der Waals surface area contributed by atoms with Gasteiger partial charge in [0, 0.05) is 5.56 Å². The van der Waals surface area contributed by atoms with Crippen molar-refractivity contribution in [3.8, 4) is 17.2 Å². The van der Waals surface area contributed by atoms with E-state index in [4.69, 9.17) is 14.2 Å². The second kappa shape index (κ2) is 10.1. The first-order chi connectivity index (χ1) is 16.1. The number of fused-ring (bicyclic) bond motifs is 1. The van der Waals surface area contributed by atoms with E-state index in [-0.39, 0.29) is 12.5 Å². The zero-order chi connectivity index (χ0) is 23.0. The number of hydrazone groups is 1. The summed E-state index contributed by atoms with van der Waals surface area (Å²) in [5, 5.41) is 6.66. The Kier molecular flexibility index (Phi) is 6.65. The summed E-state index contributed by atoms with van der Waals surface area (Å²) in [5.74, 6) is 0.845. The molecule has 0 bridgehead atoms. The van der Waals surface area contributed by atoms with Crippen molar-refractivity contribution < 1.29 is 23.8 Å². The van der Waals surface area contributed by atoms with E-state index in [1.54, 1.807) is 73.8 Å². The predicted octanol–water partition coefficient (Wildman–Crippen LogP) is 3.35. The van der Waals surface area contributed by atoms with Crippen molar-refractivity contribution in [1.29, 1.82) is 0 Å². The first-order valence-corrected chi connectivity index (χ1v) is 10.1. The minimum Gasteiger partial charge on any atom is -0.497 e. The highest BCUT2D eigenvalue weighted by molar-refractivity contribution is 6.05. The van der Waals surface area contributed by atoms with Crippen LogP contribution in [0.2, 0.25) is 0 Å². The lowest BCUT2D eigenvalue weighted by Gasteiger charge is -2.09. The quantitative estimate of drug-likeness (QED) is 0.332. The van der Waals surface area contributed by atoms with Crippen LogP contribution >= 0.6 is 0 Å². The summed E-state index contributed by atoms with van der Waals surface area (Å²) >= 11 is 0. The molecule has 4 rings (SSSR count). The summed E-state index contributed by atoms with van der Waals surface area (Å²) in [7, 11) is 1.57. The van der Waals surface area contributed by atoms with E-state index in [1.165, 1.54) is 6.21 Å². The van der Waals surface area contributed by atoms with E-state index in [0.29, 0.717) is 28.4 Å². The van der Waals surface area contributed by atoms with Gasteiger partial charge in [-0.05, 0) is 53.6 Å². The molecule has 0 aromatic heterocycles. The maximum atomic E-state index is 12.9. The Bertz CT molecular complexity index is 1220. The van der Waals surface area contributed by atoms with E-state index in [0.717, 1.165) is 5.56 Å². The Hall–Kier alpha value is -4.59. The molecule has 166 valence electrons. The number of hydrogen-bond acceptors (Lipinski definition) is 6. The van der Waals surface area contributed by atoms with Crippen molar-refractivity contribution in [2.24, 2.45) is 5.10 Å². The summed E-state index contributed by atoms with van der Waals surface area (Å²) < 4.78 is 15.9. The molecule has 0 saturated heterocycles. The normalized spacial score (nSPS) is 12.5. The second-order valence-corrected chi connectivity index (χ2v) is 6.97. The van der Waals surface area contributed by atoms with E-state index >= 15 is 0 Å². The number of hydrogen-bond donors (Lipinski definition) is 2. The molecule has 0 spiro atoms. The predicted molar refractivity (Wildman–Crippen MR) is 123 cm³/mol. The standard InChI is InChI=1S/C25H21N3O5/c1-31-20-9-5-6-18(12-20)15-26-28-25(30)21(27-24(29)19-7-3-2-4-8-19)13-17-10-11-22-23(14-17)33-16-32-22/h2-15H,16H2,1H3,(H,27,29)(H,28,30). The maximum Gasteiger partial charge on any atom is 0.287 e. The summed E-state index contributed by atoms with van der Waals surface area (Å²) in [6.45, 7) is 0.138. The first-order valence-electron chi connectivity index (χ1n) is 10.1. The van der Waals surface area contributed by atoms with E-state index < -0.39 is 11.8 Å². The number of carbonyl (C=O) groups is 2. The molecule has 0 aliphatic carbocycles. The van der Waals surface area contributed by atoms with Gasteiger partial charge in [0.05, 0.1) is 13.3 Å². The van der Waals surface area contributed by atoms with Gasteiger partial charge in [0.15, 0.2) is 11.5 Å². The lowest BCUT2D eigenvalue weighted by Crippen LogP contribution is -2.32. The fraction of sp³-hybridized carbons (Fsp3) is 0.0800. The third kappa shape index (κ3) is 5.56. The van der Waals surface area contributed by atoms with Crippen LogP contribution in [0.15, 0.2) is 83.6 Å². The Labute approximate surface area is 190 Å². The summed E-state index contributed by atoms with van der Waals surface area (Å²) in [6.07, 6.45) is 3.02. The van der Waals surface area contributed by atoms with Crippen molar-refractivity contribution in [2.75, 3.05) is 13.9 Å². The van der Waals surface area contributed by atoms with Crippen molar-refractivity contribution in [2.45, 2.75) is 0 Å². The molecule has 0 radical (unpaired) electrons. The smallest absolute Gasteiger partial charge is 0.287 e. The van der Waals surface area contributed by atoms with Crippen LogP contribution in [0.5, 0.6) is 17.2 Å². The number of ether oxygens (including phenoxy) is 3. The average Bonchev–Trinajstić information content (AvgIpc) is 3.32. The molecule has 8 nitrogen and oxygen atoms in total. The Morgan fingerprint density at radius 1 is 0.939 bits per heavy atom.